The van der Waals surface area contributed by atoms with E-state index in [1.807, 2.05) is 49.3 Å². The number of rotatable bonds is 7. The first-order chi connectivity index (χ1) is 14.8. The zero-order valence-corrected chi connectivity index (χ0v) is 20.1. The Morgan fingerprint density at radius 3 is 2.68 bits per heavy atom. The van der Waals surface area contributed by atoms with Gasteiger partial charge in [0.2, 0.25) is 15.9 Å². The lowest BCUT2D eigenvalue weighted by Gasteiger charge is -2.30. The van der Waals surface area contributed by atoms with Crippen molar-refractivity contribution in [3.8, 4) is 0 Å². The van der Waals surface area contributed by atoms with E-state index in [9.17, 15) is 13.2 Å². The standard InChI is InChI=1S/C22H25N3O3S3/c1-15(2)25(31(27,28)19-8-4-6-17-7-5-10-23-20(17)19)12-11-24-21(26)16(3)30-22(24)18-9-13-29-14-18/h4-10,13-16,22H,11-12H2,1-3H3. The molecular weight excluding hydrogens is 450 g/mol. The second-order valence-electron chi connectivity index (χ2n) is 7.76. The molecule has 3 heterocycles. The molecule has 9 heteroatoms. The van der Waals surface area contributed by atoms with E-state index in [0.717, 1.165) is 10.9 Å². The van der Waals surface area contributed by atoms with Gasteiger partial charge in [-0.2, -0.15) is 15.6 Å². The molecule has 2 aromatic heterocycles. The van der Waals surface area contributed by atoms with E-state index in [1.54, 1.807) is 47.5 Å². The Morgan fingerprint density at radius 1 is 1.19 bits per heavy atom. The van der Waals surface area contributed by atoms with Crippen molar-refractivity contribution >= 4 is 49.9 Å². The largest absolute Gasteiger partial charge is 0.324 e. The Labute approximate surface area is 191 Å². The number of para-hydroxylation sites is 1. The highest BCUT2D eigenvalue weighted by molar-refractivity contribution is 8.01. The summed E-state index contributed by atoms with van der Waals surface area (Å²) in [6, 6.07) is 10.6. The first-order valence-electron chi connectivity index (χ1n) is 10.1. The van der Waals surface area contributed by atoms with Crippen molar-refractivity contribution in [1.82, 2.24) is 14.2 Å². The van der Waals surface area contributed by atoms with Gasteiger partial charge in [-0.05, 0) is 55.3 Å². The quantitative estimate of drug-likeness (QED) is 0.508. The highest BCUT2D eigenvalue weighted by Crippen LogP contribution is 2.43. The number of nitrogens with zero attached hydrogens (tertiary/aromatic N) is 3. The molecule has 0 radical (unpaired) electrons. The van der Waals surface area contributed by atoms with Crippen LogP contribution in [0.4, 0.5) is 0 Å². The van der Waals surface area contributed by atoms with E-state index in [0.29, 0.717) is 12.1 Å². The maximum atomic E-state index is 13.6. The molecule has 1 aliphatic rings. The second kappa shape index (κ2) is 8.90. The van der Waals surface area contributed by atoms with E-state index in [-0.39, 0.29) is 34.0 Å². The van der Waals surface area contributed by atoms with Crippen molar-refractivity contribution in [2.45, 2.75) is 42.3 Å². The van der Waals surface area contributed by atoms with Gasteiger partial charge in [0.1, 0.15) is 10.3 Å². The summed E-state index contributed by atoms with van der Waals surface area (Å²) in [5, 5.41) is 4.61. The Hall–Kier alpha value is -1.94. The smallest absolute Gasteiger partial charge is 0.245 e. The number of carbonyl (C=O) groups is 1. The molecule has 2 unspecified atom stereocenters. The topological polar surface area (TPSA) is 70.6 Å². The van der Waals surface area contributed by atoms with Crippen LogP contribution in [-0.2, 0) is 14.8 Å². The predicted octanol–water partition coefficient (Wildman–Crippen LogP) is 4.36. The first kappa shape index (κ1) is 22.3. The van der Waals surface area contributed by atoms with E-state index >= 15 is 0 Å². The summed E-state index contributed by atoms with van der Waals surface area (Å²) in [5.41, 5.74) is 1.55. The fourth-order valence-corrected chi connectivity index (χ4v) is 7.71. The van der Waals surface area contributed by atoms with E-state index < -0.39 is 10.0 Å². The number of benzene rings is 1. The summed E-state index contributed by atoms with van der Waals surface area (Å²) >= 11 is 3.21. The fourth-order valence-electron chi connectivity index (χ4n) is 3.85. The molecule has 0 saturated carbocycles. The van der Waals surface area contributed by atoms with E-state index in [2.05, 4.69) is 10.4 Å². The van der Waals surface area contributed by atoms with Crippen LogP contribution in [-0.4, -0.2) is 52.9 Å². The van der Waals surface area contributed by atoms with E-state index in [1.165, 1.54) is 4.31 Å². The maximum absolute atomic E-state index is 13.6. The minimum atomic E-state index is -3.79. The lowest BCUT2D eigenvalue weighted by Crippen LogP contribution is -2.43. The van der Waals surface area contributed by atoms with Crippen molar-refractivity contribution < 1.29 is 13.2 Å². The van der Waals surface area contributed by atoms with Crippen LogP contribution in [0.3, 0.4) is 0 Å². The summed E-state index contributed by atoms with van der Waals surface area (Å²) in [6.07, 6.45) is 1.61. The number of hydrogen-bond acceptors (Lipinski definition) is 6. The second-order valence-corrected chi connectivity index (χ2v) is 11.8. The van der Waals surface area contributed by atoms with Gasteiger partial charge in [-0.3, -0.25) is 9.78 Å². The van der Waals surface area contributed by atoms with Gasteiger partial charge >= 0.3 is 0 Å². The van der Waals surface area contributed by atoms with Gasteiger partial charge in [-0.25, -0.2) is 8.42 Å². The number of fused-ring (bicyclic) bond motifs is 1. The van der Waals surface area contributed by atoms with Crippen LogP contribution >= 0.6 is 23.1 Å². The fraction of sp³-hybridized carbons (Fsp3) is 0.364. The molecule has 0 spiro atoms. The first-order valence-corrected chi connectivity index (χ1v) is 13.5. The van der Waals surface area contributed by atoms with Crippen LogP contribution in [0.25, 0.3) is 10.9 Å². The van der Waals surface area contributed by atoms with Crippen LogP contribution in [0.1, 0.15) is 31.7 Å². The van der Waals surface area contributed by atoms with Gasteiger partial charge in [-0.15, -0.1) is 11.8 Å². The predicted molar refractivity (Wildman–Crippen MR) is 127 cm³/mol. The number of pyridine rings is 1. The van der Waals surface area contributed by atoms with Crippen molar-refractivity contribution in [3.63, 3.8) is 0 Å². The molecular formula is C22H25N3O3S3. The molecule has 1 amide bonds. The zero-order chi connectivity index (χ0) is 22.2. The molecule has 1 fully saturated rings. The van der Waals surface area contributed by atoms with Gasteiger partial charge in [0.15, 0.2) is 0 Å². The SMILES string of the molecule is CC1SC(c2ccsc2)N(CCN(C(C)C)S(=O)(=O)c2cccc3cccnc23)C1=O. The molecule has 0 N–H and O–H groups in total. The average Bonchev–Trinajstić information content (AvgIpc) is 3.37. The summed E-state index contributed by atoms with van der Waals surface area (Å²) in [7, 11) is -3.79. The Morgan fingerprint density at radius 2 is 1.97 bits per heavy atom. The number of amides is 1. The molecule has 0 bridgehead atoms. The minimum Gasteiger partial charge on any atom is -0.324 e. The third-order valence-corrected chi connectivity index (χ3v) is 9.60. The summed E-state index contributed by atoms with van der Waals surface area (Å²) in [5.74, 6) is 0.0501. The van der Waals surface area contributed by atoms with Gasteiger partial charge in [0, 0.05) is 30.7 Å². The highest BCUT2D eigenvalue weighted by atomic mass is 32.2. The van der Waals surface area contributed by atoms with Crippen LogP contribution in [0.15, 0.2) is 58.3 Å². The molecule has 2 atom stereocenters. The van der Waals surface area contributed by atoms with Crippen LogP contribution in [0.2, 0.25) is 0 Å². The number of aromatic nitrogens is 1. The molecule has 6 nitrogen and oxygen atoms in total. The van der Waals surface area contributed by atoms with Crippen LogP contribution < -0.4 is 0 Å². The highest BCUT2D eigenvalue weighted by Gasteiger charge is 2.39. The number of carbonyl (C=O) groups excluding carboxylic acids is 1. The number of thioether (sulfide) groups is 1. The zero-order valence-electron chi connectivity index (χ0n) is 17.6. The Kier molecular flexibility index (Phi) is 6.39. The van der Waals surface area contributed by atoms with Crippen molar-refractivity contribution in [2.24, 2.45) is 0 Å². The lowest BCUT2D eigenvalue weighted by molar-refractivity contribution is -0.129. The van der Waals surface area contributed by atoms with Gasteiger partial charge in [0.25, 0.3) is 0 Å². The summed E-state index contributed by atoms with van der Waals surface area (Å²) in [4.78, 5) is 19.1. The third kappa shape index (κ3) is 4.24. The van der Waals surface area contributed by atoms with Gasteiger partial charge in [-0.1, -0.05) is 18.2 Å². The normalized spacial score (nSPS) is 19.8. The summed E-state index contributed by atoms with van der Waals surface area (Å²) < 4.78 is 28.7. The number of thiophene rings is 1. The summed E-state index contributed by atoms with van der Waals surface area (Å²) in [6.45, 7) is 6.19. The molecule has 1 aliphatic heterocycles. The molecule has 31 heavy (non-hydrogen) atoms. The minimum absolute atomic E-state index is 0.0501. The van der Waals surface area contributed by atoms with E-state index in [4.69, 9.17) is 0 Å². The molecule has 3 aromatic rings. The maximum Gasteiger partial charge on any atom is 0.245 e. The van der Waals surface area contributed by atoms with Crippen LogP contribution in [0.5, 0.6) is 0 Å². The van der Waals surface area contributed by atoms with Gasteiger partial charge in [0.05, 0.1) is 10.8 Å². The molecule has 0 aliphatic carbocycles. The van der Waals surface area contributed by atoms with Crippen molar-refractivity contribution in [2.75, 3.05) is 13.1 Å². The van der Waals surface area contributed by atoms with Crippen molar-refractivity contribution in [1.29, 1.82) is 0 Å². The van der Waals surface area contributed by atoms with Gasteiger partial charge < -0.3 is 4.90 Å². The molecule has 4 rings (SSSR count). The lowest BCUT2D eigenvalue weighted by atomic mass is 10.2. The molecule has 1 aromatic carbocycles. The number of hydrogen-bond donors (Lipinski definition) is 0. The Bertz CT molecular complexity index is 1170. The monoisotopic (exact) mass is 475 g/mol. The molecule has 1 saturated heterocycles. The van der Waals surface area contributed by atoms with Crippen molar-refractivity contribution in [3.05, 3.63) is 58.9 Å². The molecule has 164 valence electrons. The number of sulfonamides is 1. The third-order valence-electron chi connectivity index (χ3n) is 5.39. The Balaban J connectivity index is 1.63. The van der Waals surface area contributed by atoms with Crippen LogP contribution in [0, 0.1) is 0 Å². The average molecular weight is 476 g/mol.